The van der Waals surface area contributed by atoms with Crippen molar-refractivity contribution in [2.75, 3.05) is 45.8 Å². The first kappa shape index (κ1) is 26.9. The van der Waals surface area contributed by atoms with Crippen LogP contribution >= 0.6 is 0 Å². The summed E-state index contributed by atoms with van der Waals surface area (Å²) in [5.41, 5.74) is 8.07. The maximum absolute atomic E-state index is 12.8. The Labute approximate surface area is 230 Å². The quantitative estimate of drug-likeness (QED) is 0.515. The minimum atomic E-state index is -0.211. The molecule has 2 aromatic carbocycles. The summed E-state index contributed by atoms with van der Waals surface area (Å²) in [6.45, 7) is 6.00. The third-order valence-electron chi connectivity index (χ3n) is 8.15. The number of benzene rings is 2. The Kier molecular flexibility index (Phi) is 8.57. The molecule has 3 aliphatic rings. The zero-order valence-corrected chi connectivity index (χ0v) is 22.7. The van der Waals surface area contributed by atoms with Gasteiger partial charge >= 0.3 is 0 Å². The van der Waals surface area contributed by atoms with Crippen LogP contribution in [0.4, 0.5) is 0 Å². The fourth-order valence-corrected chi connectivity index (χ4v) is 5.93. The van der Waals surface area contributed by atoms with E-state index in [4.69, 9.17) is 0 Å². The zero-order chi connectivity index (χ0) is 27.2. The number of rotatable bonds is 6. The summed E-state index contributed by atoms with van der Waals surface area (Å²) in [5, 5.41) is 5.68. The molecule has 7 heteroatoms. The van der Waals surface area contributed by atoms with Crippen molar-refractivity contribution in [3.8, 4) is 0 Å². The Morgan fingerprint density at radius 1 is 0.821 bits per heavy atom. The third kappa shape index (κ3) is 6.48. The van der Waals surface area contributed by atoms with E-state index in [1.54, 1.807) is 4.90 Å². The Morgan fingerprint density at radius 3 is 2.00 bits per heavy atom. The van der Waals surface area contributed by atoms with E-state index in [-0.39, 0.29) is 30.2 Å². The minimum Gasteiger partial charge on any atom is -0.355 e. The second-order valence-corrected chi connectivity index (χ2v) is 10.7. The number of amides is 3. The first-order valence-corrected chi connectivity index (χ1v) is 14.1. The molecule has 0 unspecified atom stereocenters. The monoisotopic (exact) mass is 526 g/mol. The normalized spacial score (nSPS) is 17.7. The number of nitrogens with zero attached hydrogens (tertiary/aromatic N) is 2. The van der Waals surface area contributed by atoms with Crippen molar-refractivity contribution in [2.45, 2.75) is 32.6 Å². The number of piperidine rings is 2. The van der Waals surface area contributed by atoms with Crippen molar-refractivity contribution >= 4 is 35.4 Å². The topological polar surface area (TPSA) is 81.8 Å². The average molecular weight is 527 g/mol. The van der Waals surface area contributed by atoms with Gasteiger partial charge in [0.15, 0.2) is 0 Å². The summed E-state index contributed by atoms with van der Waals surface area (Å²) in [6, 6.07) is 17.4. The van der Waals surface area contributed by atoms with Gasteiger partial charge in [0, 0.05) is 52.1 Å². The molecule has 2 fully saturated rings. The largest absolute Gasteiger partial charge is 0.355 e. The summed E-state index contributed by atoms with van der Waals surface area (Å²) in [4.78, 5) is 40.2. The van der Waals surface area contributed by atoms with Crippen molar-refractivity contribution in [3.63, 3.8) is 0 Å². The molecule has 1 aliphatic carbocycles. The van der Waals surface area contributed by atoms with Gasteiger partial charge < -0.3 is 20.4 Å². The molecule has 0 atom stereocenters. The van der Waals surface area contributed by atoms with Gasteiger partial charge in [0.05, 0.1) is 6.54 Å². The zero-order valence-electron chi connectivity index (χ0n) is 22.7. The van der Waals surface area contributed by atoms with Crippen LogP contribution in [0.2, 0.25) is 0 Å². The van der Waals surface area contributed by atoms with Gasteiger partial charge in [0.25, 0.3) is 0 Å². The SMILES string of the molecule is CC(=O)NCC(=O)N1CCC(C(=O)NCCN2CCC(=C3c4ccccc4C=Cc4ccccc43)CC2)CC1. The number of likely N-dealkylation sites (tertiary alicyclic amines) is 2. The summed E-state index contributed by atoms with van der Waals surface area (Å²) in [5.74, 6) is -0.272. The second kappa shape index (κ2) is 12.4. The molecule has 0 saturated carbocycles. The molecule has 2 N–H and O–H groups in total. The predicted octanol–water partition coefficient (Wildman–Crippen LogP) is 3.56. The molecule has 0 radical (unpaired) electrons. The lowest BCUT2D eigenvalue weighted by molar-refractivity contribution is -0.136. The van der Waals surface area contributed by atoms with E-state index in [0.29, 0.717) is 32.5 Å². The van der Waals surface area contributed by atoms with Crippen molar-refractivity contribution < 1.29 is 14.4 Å². The van der Waals surface area contributed by atoms with Crippen LogP contribution in [0.3, 0.4) is 0 Å². The molecule has 2 saturated heterocycles. The number of nitrogens with one attached hydrogen (secondary N) is 2. The molecular formula is C32H38N4O3. The predicted molar refractivity (Wildman–Crippen MR) is 155 cm³/mol. The Hall–Kier alpha value is -3.71. The molecule has 2 aromatic rings. The molecular weight excluding hydrogens is 488 g/mol. The molecule has 2 aliphatic heterocycles. The fourth-order valence-electron chi connectivity index (χ4n) is 5.93. The van der Waals surface area contributed by atoms with Gasteiger partial charge in [-0.1, -0.05) is 66.3 Å². The second-order valence-electron chi connectivity index (χ2n) is 10.7. The van der Waals surface area contributed by atoms with Crippen LogP contribution in [0.5, 0.6) is 0 Å². The van der Waals surface area contributed by atoms with Crippen LogP contribution in [0.15, 0.2) is 54.1 Å². The van der Waals surface area contributed by atoms with Gasteiger partial charge in [0.2, 0.25) is 17.7 Å². The third-order valence-corrected chi connectivity index (χ3v) is 8.15. The summed E-state index contributed by atoms with van der Waals surface area (Å²) >= 11 is 0. The van der Waals surface area contributed by atoms with E-state index in [2.05, 4.69) is 76.2 Å². The standard InChI is InChI=1S/C32H38N4O3/c1-23(37)34-22-30(38)36-19-14-27(15-20-36)32(39)33-16-21-35-17-12-26(13-18-35)31-28-8-4-2-6-24(28)10-11-25-7-3-5-9-29(25)31/h2-11,27H,12-22H2,1H3,(H,33,39)(H,34,37). The summed E-state index contributed by atoms with van der Waals surface area (Å²) in [6.07, 6.45) is 7.83. The molecule has 0 bridgehead atoms. The molecule has 5 rings (SSSR count). The fraction of sp³-hybridized carbons (Fsp3) is 0.406. The molecule has 3 amide bonds. The highest BCUT2D eigenvalue weighted by Crippen LogP contribution is 2.38. The smallest absolute Gasteiger partial charge is 0.241 e. The molecule has 2 heterocycles. The van der Waals surface area contributed by atoms with Crippen LogP contribution in [0.25, 0.3) is 17.7 Å². The Morgan fingerprint density at radius 2 is 1.41 bits per heavy atom. The number of carbonyl (C=O) groups excluding carboxylic acids is 3. The van der Waals surface area contributed by atoms with Crippen molar-refractivity contribution in [2.24, 2.45) is 5.92 Å². The van der Waals surface area contributed by atoms with E-state index in [0.717, 1.165) is 32.5 Å². The lowest BCUT2D eigenvalue weighted by atomic mass is 9.86. The van der Waals surface area contributed by atoms with Crippen LogP contribution < -0.4 is 10.6 Å². The average Bonchev–Trinajstić information content (AvgIpc) is 3.13. The summed E-state index contributed by atoms with van der Waals surface area (Å²) < 4.78 is 0. The first-order chi connectivity index (χ1) is 19.0. The highest BCUT2D eigenvalue weighted by molar-refractivity contribution is 5.95. The van der Waals surface area contributed by atoms with Gasteiger partial charge in [-0.2, -0.15) is 0 Å². The summed E-state index contributed by atoms with van der Waals surface area (Å²) in [7, 11) is 0. The molecule has 0 spiro atoms. The van der Waals surface area contributed by atoms with Gasteiger partial charge in [0.1, 0.15) is 0 Å². The first-order valence-electron chi connectivity index (χ1n) is 14.1. The highest BCUT2D eigenvalue weighted by atomic mass is 16.2. The van der Waals surface area contributed by atoms with E-state index < -0.39 is 0 Å². The maximum atomic E-state index is 12.8. The van der Waals surface area contributed by atoms with E-state index in [1.165, 1.54) is 40.3 Å². The van der Waals surface area contributed by atoms with Gasteiger partial charge in [-0.15, -0.1) is 0 Å². The van der Waals surface area contributed by atoms with Crippen molar-refractivity contribution in [3.05, 3.63) is 76.4 Å². The van der Waals surface area contributed by atoms with E-state index >= 15 is 0 Å². The number of hydrogen-bond acceptors (Lipinski definition) is 4. The molecule has 7 nitrogen and oxygen atoms in total. The lowest BCUT2D eigenvalue weighted by Gasteiger charge is -2.32. The van der Waals surface area contributed by atoms with Crippen molar-refractivity contribution in [1.29, 1.82) is 0 Å². The van der Waals surface area contributed by atoms with E-state index in [1.807, 2.05) is 0 Å². The number of hydrogen-bond donors (Lipinski definition) is 2. The Balaban J connectivity index is 1.11. The van der Waals surface area contributed by atoms with Gasteiger partial charge in [-0.3, -0.25) is 14.4 Å². The van der Waals surface area contributed by atoms with Crippen LogP contribution in [0, 0.1) is 5.92 Å². The van der Waals surface area contributed by atoms with Crippen molar-refractivity contribution in [1.82, 2.24) is 20.4 Å². The van der Waals surface area contributed by atoms with Gasteiger partial charge in [-0.05, 0) is 53.5 Å². The number of carbonyl (C=O) groups is 3. The maximum Gasteiger partial charge on any atom is 0.241 e. The molecule has 204 valence electrons. The minimum absolute atomic E-state index is 0.0241. The van der Waals surface area contributed by atoms with Crippen LogP contribution in [-0.2, 0) is 14.4 Å². The van der Waals surface area contributed by atoms with Crippen LogP contribution in [0.1, 0.15) is 54.9 Å². The van der Waals surface area contributed by atoms with E-state index in [9.17, 15) is 14.4 Å². The highest BCUT2D eigenvalue weighted by Gasteiger charge is 2.27. The molecule has 39 heavy (non-hydrogen) atoms. The lowest BCUT2D eigenvalue weighted by Crippen LogP contribution is -2.47. The van der Waals surface area contributed by atoms with Crippen LogP contribution in [-0.4, -0.2) is 73.3 Å². The Bertz CT molecular complexity index is 1230. The molecule has 0 aromatic heterocycles. The number of fused-ring (bicyclic) bond motifs is 2. The van der Waals surface area contributed by atoms with Gasteiger partial charge in [-0.25, -0.2) is 0 Å².